The monoisotopic (exact) mass is 276 g/mol. The number of hydrogen-bond acceptors (Lipinski definition) is 2. The van der Waals surface area contributed by atoms with Crippen LogP contribution in [0, 0.1) is 17.3 Å². The fourth-order valence-corrected chi connectivity index (χ4v) is 2.33. The number of nitrogens with one attached hydrogen (secondary N) is 1. The Hall–Kier alpha value is -0.280. The summed E-state index contributed by atoms with van der Waals surface area (Å²) in [6.07, 6.45) is 4.99. The quantitative estimate of drug-likeness (QED) is 0.830. The van der Waals surface area contributed by atoms with E-state index in [1.165, 1.54) is 25.7 Å². The van der Waals surface area contributed by atoms with Crippen molar-refractivity contribution >= 4 is 18.3 Å². The minimum atomic E-state index is -0.366. The number of hydrogen-bond donors (Lipinski definition) is 2. The maximum absolute atomic E-state index is 11.7. The first kappa shape index (κ1) is 17.7. The number of carbonyl (C=O) groups excluding carboxylic acids is 1. The fraction of sp³-hybridized carbons (Fsp3) is 0.929. The van der Waals surface area contributed by atoms with E-state index in [0.29, 0.717) is 11.3 Å². The summed E-state index contributed by atoms with van der Waals surface area (Å²) in [5.74, 6) is 0.858. The van der Waals surface area contributed by atoms with Crippen LogP contribution in [0.5, 0.6) is 0 Å². The predicted octanol–water partition coefficient (Wildman–Crippen LogP) is 2.72. The molecule has 0 aliphatic heterocycles. The van der Waals surface area contributed by atoms with E-state index in [1.807, 2.05) is 13.8 Å². The van der Waals surface area contributed by atoms with Gasteiger partial charge in [0.25, 0.3) is 0 Å². The Morgan fingerprint density at radius 2 is 1.83 bits per heavy atom. The molecule has 1 saturated carbocycles. The standard InChI is InChI=1S/C14H28N2O.ClH/c1-10(2)12(15)13(17)16-9-11-5-7-14(3,4)8-6-11;/h10-12H,5-9,15H2,1-4H3,(H,16,17);1H. The van der Waals surface area contributed by atoms with E-state index in [1.54, 1.807) is 0 Å². The molecule has 0 aromatic rings. The minimum absolute atomic E-state index is 0. The zero-order valence-electron chi connectivity index (χ0n) is 12.2. The van der Waals surface area contributed by atoms with E-state index in [9.17, 15) is 4.79 Å². The SMILES string of the molecule is CC(C)C(N)C(=O)NCC1CCC(C)(C)CC1.Cl. The molecule has 0 aromatic carbocycles. The Morgan fingerprint density at radius 3 is 2.28 bits per heavy atom. The third-order valence-corrected chi connectivity index (χ3v) is 4.04. The Morgan fingerprint density at radius 1 is 1.33 bits per heavy atom. The van der Waals surface area contributed by atoms with Gasteiger partial charge in [-0.25, -0.2) is 0 Å². The number of rotatable bonds is 4. The highest BCUT2D eigenvalue weighted by molar-refractivity contribution is 5.85. The maximum Gasteiger partial charge on any atom is 0.237 e. The molecular weight excluding hydrogens is 248 g/mol. The molecule has 0 spiro atoms. The highest BCUT2D eigenvalue weighted by Gasteiger charge is 2.27. The summed E-state index contributed by atoms with van der Waals surface area (Å²) in [4.78, 5) is 11.7. The van der Waals surface area contributed by atoms with Gasteiger partial charge in [-0.3, -0.25) is 4.79 Å². The van der Waals surface area contributed by atoms with E-state index >= 15 is 0 Å². The summed E-state index contributed by atoms with van der Waals surface area (Å²) in [5, 5.41) is 3.00. The molecule has 108 valence electrons. The summed E-state index contributed by atoms with van der Waals surface area (Å²) >= 11 is 0. The first-order chi connectivity index (χ1) is 7.82. The molecule has 18 heavy (non-hydrogen) atoms. The fourth-order valence-electron chi connectivity index (χ4n) is 2.33. The van der Waals surface area contributed by atoms with Crippen molar-refractivity contribution in [3.05, 3.63) is 0 Å². The molecule has 1 aliphatic rings. The molecule has 1 rings (SSSR count). The van der Waals surface area contributed by atoms with Gasteiger partial charge in [0.1, 0.15) is 0 Å². The second-order valence-electron chi connectivity index (χ2n) is 6.62. The normalized spacial score (nSPS) is 21.2. The number of carbonyl (C=O) groups is 1. The molecule has 0 bridgehead atoms. The molecule has 0 radical (unpaired) electrons. The van der Waals surface area contributed by atoms with E-state index in [4.69, 9.17) is 5.73 Å². The Labute approximate surface area is 118 Å². The lowest BCUT2D eigenvalue weighted by atomic mass is 9.73. The van der Waals surface area contributed by atoms with Gasteiger partial charge in [-0.15, -0.1) is 12.4 Å². The van der Waals surface area contributed by atoms with E-state index in [-0.39, 0.29) is 30.3 Å². The highest BCUT2D eigenvalue weighted by atomic mass is 35.5. The van der Waals surface area contributed by atoms with Crippen molar-refractivity contribution in [3.63, 3.8) is 0 Å². The Kier molecular flexibility index (Phi) is 7.23. The molecule has 1 amide bonds. The van der Waals surface area contributed by atoms with Crippen LogP contribution in [0.1, 0.15) is 53.4 Å². The van der Waals surface area contributed by atoms with Crippen molar-refractivity contribution in [1.82, 2.24) is 5.32 Å². The molecule has 0 saturated heterocycles. The molecule has 1 unspecified atom stereocenters. The number of nitrogens with two attached hydrogens (primary N) is 1. The minimum Gasteiger partial charge on any atom is -0.354 e. The first-order valence-corrected chi connectivity index (χ1v) is 6.85. The molecule has 3 nitrogen and oxygen atoms in total. The van der Waals surface area contributed by atoms with Crippen molar-refractivity contribution in [2.24, 2.45) is 23.0 Å². The first-order valence-electron chi connectivity index (χ1n) is 6.85. The summed E-state index contributed by atoms with van der Waals surface area (Å²) in [5.41, 5.74) is 6.30. The summed E-state index contributed by atoms with van der Waals surface area (Å²) in [6, 6.07) is -0.366. The van der Waals surface area contributed by atoms with Gasteiger partial charge in [-0.05, 0) is 42.9 Å². The van der Waals surface area contributed by atoms with E-state index in [2.05, 4.69) is 19.2 Å². The van der Waals surface area contributed by atoms with Crippen molar-refractivity contribution in [2.75, 3.05) is 6.54 Å². The average molecular weight is 277 g/mol. The topological polar surface area (TPSA) is 55.1 Å². The number of amides is 1. The van der Waals surface area contributed by atoms with Gasteiger partial charge in [0, 0.05) is 6.54 Å². The zero-order valence-corrected chi connectivity index (χ0v) is 13.0. The average Bonchev–Trinajstić information content (AvgIpc) is 2.26. The van der Waals surface area contributed by atoms with Crippen LogP contribution < -0.4 is 11.1 Å². The molecule has 3 N–H and O–H groups in total. The van der Waals surface area contributed by atoms with Crippen molar-refractivity contribution in [2.45, 2.75) is 59.4 Å². The Balaban J connectivity index is 0.00000289. The lowest BCUT2D eigenvalue weighted by Crippen LogP contribution is -2.45. The third-order valence-electron chi connectivity index (χ3n) is 4.04. The van der Waals surface area contributed by atoms with Gasteiger partial charge >= 0.3 is 0 Å². The van der Waals surface area contributed by atoms with E-state index in [0.717, 1.165) is 6.54 Å². The second kappa shape index (κ2) is 7.34. The zero-order chi connectivity index (χ0) is 13.1. The van der Waals surface area contributed by atoms with Crippen molar-refractivity contribution < 1.29 is 4.79 Å². The van der Waals surface area contributed by atoms with Gasteiger partial charge in [0.05, 0.1) is 6.04 Å². The Bertz CT molecular complexity index is 257. The lowest BCUT2D eigenvalue weighted by molar-refractivity contribution is -0.123. The van der Waals surface area contributed by atoms with Gasteiger partial charge in [0.15, 0.2) is 0 Å². The lowest BCUT2D eigenvalue weighted by Gasteiger charge is -2.34. The van der Waals surface area contributed by atoms with Crippen molar-refractivity contribution in [1.29, 1.82) is 0 Å². The van der Waals surface area contributed by atoms with Crippen molar-refractivity contribution in [3.8, 4) is 0 Å². The summed E-state index contributed by atoms with van der Waals surface area (Å²) < 4.78 is 0. The third kappa shape index (κ3) is 5.57. The van der Waals surface area contributed by atoms with Crippen LogP contribution >= 0.6 is 12.4 Å². The maximum atomic E-state index is 11.7. The molecule has 0 aromatic heterocycles. The van der Waals surface area contributed by atoms with Gasteiger partial charge in [0.2, 0.25) is 5.91 Å². The van der Waals surface area contributed by atoms with Gasteiger partial charge in [-0.2, -0.15) is 0 Å². The largest absolute Gasteiger partial charge is 0.354 e. The molecule has 1 fully saturated rings. The highest BCUT2D eigenvalue weighted by Crippen LogP contribution is 2.37. The molecule has 1 atom stereocenters. The molecule has 1 aliphatic carbocycles. The van der Waals surface area contributed by atoms with Gasteiger partial charge < -0.3 is 11.1 Å². The predicted molar refractivity (Wildman–Crippen MR) is 78.8 cm³/mol. The van der Waals surface area contributed by atoms with Crippen LogP contribution in [-0.4, -0.2) is 18.5 Å². The number of halogens is 1. The van der Waals surface area contributed by atoms with E-state index < -0.39 is 0 Å². The smallest absolute Gasteiger partial charge is 0.237 e. The van der Waals surface area contributed by atoms with Crippen LogP contribution in [-0.2, 0) is 4.79 Å². The van der Waals surface area contributed by atoms with Crippen LogP contribution in [0.2, 0.25) is 0 Å². The molecule has 0 heterocycles. The van der Waals surface area contributed by atoms with Crippen LogP contribution in [0.15, 0.2) is 0 Å². The van der Waals surface area contributed by atoms with Crippen LogP contribution in [0.4, 0.5) is 0 Å². The second-order valence-corrected chi connectivity index (χ2v) is 6.62. The van der Waals surface area contributed by atoms with Gasteiger partial charge in [-0.1, -0.05) is 27.7 Å². The summed E-state index contributed by atoms with van der Waals surface area (Å²) in [6.45, 7) is 9.42. The molecule has 4 heteroatoms. The molecular formula is C14H29ClN2O. The van der Waals surface area contributed by atoms with Crippen LogP contribution in [0.3, 0.4) is 0 Å². The van der Waals surface area contributed by atoms with Crippen LogP contribution in [0.25, 0.3) is 0 Å². The summed E-state index contributed by atoms with van der Waals surface area (Å²) in [7, 11) is 0.